The highest BCUT2D eigenvalue weighted by atomic mass is 31.2. The van der Waals surface area contributed by atoms with Gasteiger partial charge in [0, 0.05) is 25.7 Å². The van der Waals surface area contributed by atoms with Gasteiger partial charge in [-0.15, -0.1) is 0 Å². The van der Waals surface area contributed by atoms with Crippen LogP contribution in [0.5, 0.6) is 0 Å². The minimum atomic E-state index is -4.95. The zero-order chi connectivity index (χ0) is 66.8. The number of phosphoric acid groups is 2. The van der Waals surface area contributed by atoms with Gasteiger partial charge in [0.1, 0.15) is 19.3 Å². The molecule has 0 spiro atoms. The molecule has 0 aliphatic rings. The summed E-state index contributed by atoms with van der Waals surface area (Å²) in [6.07, 6.45) is 43.5. The lowest BCUT2D eigenvalue weighted by atomic mass is 10.0. The van der Waals surface area contributed by atoms with Gasteiger partial charge >= 0.3 is 39.5 Å². The monoisotopic (exact) mass is 1320 g/mol. The highest BCUT2D eigenvalue weighted by molar-refractivity contribution is 7.47. The molecular formula is C71H138O17P2. The maximum atomic E-state index is 13.0. The van der Waals surface area contributed by atoms with E-state index >= 15 is 0 Å². The van der Waals surface area contributed by atoms with Crippen LogP contribution in [0.4, 0.5) is 0 Å². The molecule has 0 aliphatic heterocycles. The summed E-state index contributed by atoms with van der Waals surface area (Å²) in [6.45, 7) is 14.0. The fourth-order valence-corrected chi connectivity index (χ4v) is 12.2. The molecule has 0 aliphatic carbocycles. The van der Waals surface area contributed by atoms with E-state index in [4.69, 9.17) is 37.0 Å². The highest BCUT2D eigenvalue weighted by Crippen LogP contribution is 2.45. The van der Waals surface area contributed by atoms with E-state index in [9.17, 15) is 43.2 Å². The molecule has 0 radical (unpaired) electrons. The Balaban J connectivity index is 5.15. The molecule has 0 saturated heterocycles. The standard InChI is InChI=1S/C71H138O17P2/c1-61(2)47-39-31-23-19-15-13-11-9-10-12-14-16-21-25-35-43-51-68(73)81-57-67(88-71(76)54-46-38-30-28-34-42-50-64(7)8)60-86-90(79,80)84-56-65(72)55-83-89(77,78)85-59-66(58-82-69(74)52-44-36-29-27-33-41-49-63(5)6)87-70(75)53-45-37-26-22-18-17-20-24-32-40-48-62(3)4/h61-67,72H,9-60H2,1-8H3,(H,77,78)(H,79,80)/t65-,66+,67+/m0/s1. The largest absolute Gasteiger partial charge is 0.472 e. The maximum Gasteiger partial charge on any atom is 0.472 e. The molecule has 90 heavy (non-hydrogen) atoms. The first-order chi connectivity index (χ1) is 43.1. The topological polar surface area (TPSA) is 237 Å². The van der Waals surface area contributed by atoms with Crippen molar-refractivity contribution in [2.45, 2.75) is 369 Å². The number of unbranched alkanes of at least 4 members (excludes halogenated alkanes) is 34. The van der Waals surface area contributed by atoms with Crippen LogP contribution in [0.1, 0.15) is 351 Å². The molecule has 19 heteroatoms. The number of hydrogen-bond donors (Lipinski definition) is 3. The SMILES string of the molecule is CC(C)CCCCCCCCCCCCCCCCCCC(=O)OC[C@H](COP(=O)(O)OC[C@@H](O)COP(=O)(O)OC[C@@H](COC(=O)CCCCCCCCC(C)C)OC(=O)CCCCCCCCCCCCC(C)C)OC(=O)CCCCCCCCC(C)C. The van der Waals surface area contributed by atoms with Crippen LogP contribution in [-0.4, -0.2) is 96.7 Å². The fraction of sp³-hybridized carbons (Fsp3) is 0.944. The van der Waals surface area contributed by atoms with Gasteiger partial charge in [-0.05, 0) is 49.4 Å². The quantitative estimate of drug-likeness (QED) is 0.0222. The molecule has 0 aromatic heterocycles. The van der Waals surface area contributed by atoms with E-state index < -0.39 is 97.5 Å². The van der Waals surface area contributed by atoms with Crippen LogP contribution < -0.4 is 0 Å². The molecule has 5 atom stereocenters. The minimum absolute atomic E-state index is 0.102. The number of rotatable bonds is 68. The van der Waals surface area contributed by atoms with Crippen molar-refractivity contribution in [2.75, 3.05) is 39.6 Å². The first kappa shape index (κ1) is 88.1. The normalized spacial score (nSPS) is 14.3. The van der Waals surface area contributed by atoms with Crippen molar-refractivity contribution in [3.63, 3.8) is 0 Å². The number of carbonyl (C=O) groups excluding carboxylic acids is 4. The molecule has 0 aromatic rings. The van der Waals surface area contributed by atoms with Crippen LogP contribution >= 0.6 is 15.6 Å². The summed E-state index contributed by atoms with van der Waals surface area (Å²) in [5.41, 5.74) is 0. The van der Waals surface area contributed by atoms with Crippen molar-refractivity contribution in [3.05, 3.63) is 0 Å². The number of phosphoric ester groups is 2. The number of carbonyl (C=O) groups is 4. The zero-order valence-electron chi connectivity index (χ0n) is 58.8. The lowest BCUT2D eigenvalue weighted by molar-refractivity contribution is -0.161. The maximum absolute atomic E-state index is 13.0. The number of aliphatic hydroxyl groups excluding tert-OH is 1. The Morgan fingerprint density at radius 3 is 0.689 bits per heavy atom. The smallest absolute Gasteiger partial charge is 0.462 e. The third-order valence-corrected chi connectivity index (χ3v) is 18.2. The molecule has 0 fully saturated rings. The molecule has 534 valence electrons. The van der Waals surface area contributed by atoms with E-state index in [1.54, 1.807) is 0 Å². The van der Waals surface area contributed by atoms with E-state index in [2.05, 4.69) is 55.4 Å². The van der Waals surface area contributed by atoms with E-state index in [1.807, 2.05) is 0 Å². The minimum Gasteiger partial charge on any atom is -0.462 e. The van der Waals surface area contributed by atoms with E-state index in [0.717, 1.165) is 108 Å². The van der Waals surface area contributed by atoms with Crippen molar-refractivity contribution in [1.29, 1.82) is 0 Å². The summed E-state index contributed by atoms with van der Waals surface area (Å²) < 4.78 is 68.2. The Kier molecular flexibility index (Phi) is 59.4. The van der Waals surface area contributed by atoms with Crippen LogP contribution in [-0.2, 0) is 65.4 Å². The number of esters is 4. The van der Waals surface area contributed by atoms with Crippen LogP contribution in [0.15, 0.2) is 0 Å². The lowest BCUT2D eigenvalue weighted by Crippen LogP contribution is -2.30. The van der Waals surface area contributed by atoms with Crippen LogP contribution in [0, 0.1) is 23.7 Å². The van der Waals surface area contributed by atoms with Crippen LogP contribution in [0.2, 0.25) is 0 Å². The predicted molar refractivity (Wildman–Crippen MR) is 363 cm³/mol. The molecule has 0 saturated carbocycles. The summed E-state index contributed by atoms with van der Waals surface area (Å²) in [6, 6.07) is 0. The number of aliphatic hydroxyl groups is 1. The van der Waals surface area contributed by atoms with Crippen molar-refractivity contribution >= 4 is 39.5 Å². The molecule has 0 heterocycles. The van der Waals surface area contributed by atoms with Gasteiger partial charge in [0.25, 0.3) is 0 Å². The zero-order valence-corrected chi connectivity index (χ0v) is 60.6. The predicted octanol–water partition coefficient (Wildman–Crippen LogP) is 20.1. The first-order valence-corrected chi connectivity index (χ1v) is 39.7. The summed E-state index contributed by atoms with van der Waals surface area (Å²) in [5.74, 6) is 0.779. The second kappa shape index (κ2) is 60.7. The number of hydrogen-bond acceptors (Lipinski definition) is 15. The van der Waals surface area contributed by atoms with E-state index in [0.29, 0.717) is 37.5 Å². The van der Waals surface area contributed by atoms with Gasteiger partial charge in [-0.25, -0.2) is 9.13 Å². The molecular weight excluding hydrogens is 1190 g/mol. The second-order valence-electron chi connectivity index (χ2n) is 27.5. The third-order valence-electron chi connectivity index (χ3n) is 16.3. The van der Waals surface area contributed by atoms with Gasteiger partial charge in [0.05, 0.1) is 26.4 Å². The molecule has 2 unspecified atom stereocenters. The molecule has 0 rings (SSSR count). The van der Waals surface area contributed by atoms with E-state index in [-0.39, 0.29) is 25.7 Å². The van der Waals surface area contributed by atoms with Gasteiger partial charge in [-0.1, -0.05) is 299 Å². The van der Waals surface area contributed by atoms with Crippen LogP contribution in [0.25, 0.3) is 0 Å². The summed E-state index contributed by atoms with van der Waals surface area (Å²) in [5, 5.41) is 10.6. The average molecular weight is 1330 g/mol. The highest BCUT2D eigenvalue weighted by Gasteiger charge is 2.30. The Hall–Kier alpha value is -1.94. The van der Waals surface area contributed by atoms with Gasteiger partial charge in [0.15, 0.2) is 12.2 Å². The summed E-state index contributed by atoms with van der Waals surface area (Å²) in [7, 11) is -9.90. The Bertz CT molecular complexity index is 1780. The van der Waals surface area contributed by atoms with Crippen molar-refractivity contribution in [1.82, 2.24) is 0 Å². The van der Waals surface area contributed by atoms with Crippen molar-refractivity contribution in [3.8, 4) is 0 Å². The van der Waals surface area contributed by atoms with E-state index in [1.165, 1.54) is 148 Å². The molecule has 3 N–H and O–H groups in total. The van der Waals surface area contributed by atoms with Crippen molar-refractivity contribution in [2.24, 2.45) is 23.7 Å². The van der Waals surface area contributed by atoms with Gasteiger partial charge in [-0.3, -0.25) is 37.3 Å². The second-order valence-corrected chi connectivity index (χ2v) is 30.4. The van der Waals surface area contributed by atoms with Gasteiger partial charge in [0.2, 0.25) is 0 Å². The molecule has 0 amide bonds. The molecule has 0 aromatic carbocycles. The van der Waals surface area contributed by atoms with Crippen molar-refractivity contribution < 1.29 is 80.2 Å². The fourth-order valence-electron chi connectivity index (χ4n) is 10.7. The Morgan fingerprint density at radius 1 is 0.278 bits per heavy atom. The number of ether oxygens (including phenoxy) is 4. The third kappa shape index (κ3) is 64.8. The first-order valence-electron chi connectivity index (χ1n) is 36.7. The van der Waals surface area contributed by atoms with Gasteiger partial charge in [-0.2, -0.15) is 0 Å². The molecule has 0 bridgehead atoms. The average Bonchev–Trinajstić information content (AvgIpc) is 3.67. The Morgan fingerprint density at radius 2 is 0.467 bits per heavy atom. The van der Waals surface area contributed by atoms with Crippen LogP contribution in [0.3, 0.4) is 0 Å². The summed E-state index contributed by atoms with van der Waals surface area (Å²) >= 11 is 0. The molecule has 17 nitrogen and oxygen atoms in total. The lowest BCUT2D eigenvalue weighted by Gasteiger charge is -2.21. The Labute approximate surface area is 549 Å². The summed E-state index contributed by atoms with van der Waals surface area (Å²) in [4.78, 5) is 72.5. The van der Waals surface area contributed by atoms with Gasteiger partial charge < -0.3 is 33.8 Å².